The van der Waals surface area contributed by atoms with E-state index in [4.69, 9.17) is 0 Å². The number of nitrogens with zero attached hydrogens (tertiary/aromatic N) is 1. The molecule has 1 aliphatic rings. The number of hydrogen-bond acceptors (Lipinski definition) is 2. The standard InChI is InChI=1S/C3H5N2OS/c6-5-2-1-3-7-4-5/h1,3H,2H2,(H,4,6)/q+1. The van der Waals surface area contributed by atoms with E-state index in [1.54, 1.807) is 6.08 Å². The predicted octanol–water partition coefficient (Wildman–Crippen LogP) is 0.445. The Hall–Kier alpha value is -0.510. The minimum atomic E-state index is 0.451. The number of rotatable bonds is 0. The number of nitroso groups, excluding NO2 is 1. The van der Waals surface area contributed by atoms with Gasteiger partial charge in [0.1, 0.15) is 4.87 Å². The highest BCUT2D eigenvalue weighted by atomic mass is 32.2. The van der Waals surface area contributed by atoms with E-state index >= 15 is 0 Å². The van der Waals surface area contributed by atoms with Crippen molar-refractivity contribution in [2.24, 2.45) is 0 Å². The smallest absolute Gasteiger partial charge is 0.0883 e. The minimum absolute atomic E-state index is 0.451. The van der Waals surface area contributed by atoms with Gasteiger partial charge in [-0.1, -0.05) is 4.83 Å². The third-order valence-electron chi connectivity index (χ3n) is 0.590. The molecule has 1 aliphatic heterocycles. The molecule has 4 heteroatoms. The molecule has 0 bridgehead atoms. The molecule has 0 amide bonds. The van der Waals surface area contributed by atoms with E-state index < -0.39 is 0 Å². The molecule has 0 fully saturated rings. The van der Waals surface area contributed by atoms with Gasteiger partial charge in [-0.3, -0.25) is 0 Å². The second kappa shape index (κ2) is 1.97. The summed E-state index contributed by atoms with van der Waals surface area (Å²) < 4.78 is 0. The Morgan fingerprint density at radius 3 is 3.00 bits per heavy atom. The predicted molar refractivity (Wildman–Crippen MR) is 28.4 cm³/mol. The van der Waals surface area contributed by atoms with Gasteiger partial charge < -0.3 is 0 Å². The molecule has 38 valence electrons. The third-order valence-corrected chi connectivity index (χ3v) is 1.23. The lowest BCUT2D eigenvalue weighted by Gasteiger charge is -1.92. The number of nitrogens with one attached hydrogen (secondary N) is 1. The van der Waals surface area contributed by atoms with Crippen LogP contribution in [-0.2, 0) is 0 Å². The molecular weight excluding hydrogens is 112 g/mol. The molecule has 0 unspecified atom stereocenters. The lowest BCUT2D eigenvalue weighted by molar-refractivity contribution is -0.574. The Labute approximate surface area is 45.5 Å². The monoisotopic (exact) mass is 117 g/mol. The van der Waals surface area contributed by atoms with Crippen molar-refractivity contribution < 1.29 is 4.87 Å². The summed E-state index contributed by atoms with van der Waals surface area (Å²) in [7, 11) is 0. The summed E-state index contributed by atoms with van der Waals surface area (Å²) >= 11 is 1.29. The summed E-state index contributed by atoms with van der Waals surface area (Å²) in [6.07, 6.45) is 1.80. The zero-order chi connectivity index (χ0) is 5.11. The maximum Gasteiger partial charge on any atom is 0.245 e. The Kier molecular flexibility index (Phi) is 1.31. The van der Waals surface area contributed by atoms with Crippen LogP contribution in [0.1, 0.15) is 0 Å². The molecule has 3 nitrogen and oxygen atoms in total. The first-order chi connectivity index (χ1) is 3.39. The first-order valence-electron chi connectivity index (χ1n) is 1.90. The summed E-state index contributed by atoms with van der Waals surface area (Å²) in [5.41, 5.74) is 0. The van der Waals surface area contributed by atoms with Crippen molar-refractivity contribution in [2.45, 2.75) is 0 Å². The van der Waals surface area contributed by atoms with Crippen LogP contribution < -0.4 is 4.83 Å². The summed E-state index contributed by atoms with van der Waals surface area (Å²) in [4.78, 5) is 13.5. The molecule has 0 aliphatic carbocycles. The minimum Gasteiger partial charge on any atom is -0.0883 e. The summed E-state index contributed by atoms with van der Waals surface area (Å²) in [6.45, 7) is 0.451. The first kappa shape index (κ1) is 4.64. The molecule has 0 aromatic rings. The van der Waals surface area contributed by atoms with Crippen LogP contribution in [0.4, 0.5) is 0 Å². The van der Waals surface area contributed by atoms with E-state index in [0.717, 1.165) is 4.87 Å². The molecule has 1 rings (SSSR count). The second-order valence-corrected chi connectivity index (χ2v) is 1.83. The average Bonchev–Trinajstić information content (AvgIpc) is 1.69. The van der Waals surface area contributed by atoms with Crippen molar-refractivity contribution in [1.29, 1.82) is 0 Å². The van der Waals surface area contributed by atoms with E-state index in [2.05, 4.69) is 4.83 Å². The SMILES string of the molecule is O=[N+]1CC=CSN1. The van der Waals surface area contributed by atoms with Gasteiger partial charge >= 0.3 is 0 Å². The highest BCUT2D eigenvalue weighted by Gasteiger charge is 2.05. The van der Waals surface area contributed by atoms with Crippen LogP contribution in [0.5, 0.6) is 0 Å². The number of hydrogen-bond donors (Lipinski definition) is 1. The van der Waals surface area contributed by atoms with Gasteiger partial charge in [-0.05, 0) is 11.5 Å². The van der Waals surface area contributed by atoms with Gasteiger partial charge in [0.15, 0.2) is 0 Å². The van der Waals surface area contributed by atoms with Crippen LogP contribution in [0.15, 0.2) is 11.5 Å². The van der Waals surface area contributed by atoms with Crippen molar-refractivity contribution in [3.8, 4) is 0 Å². The molecule has 0 aromatic carbocycles. The van der Waals surface area contributed by atoms with Crippen molar-refractivity contribution in [1.82, 2.24) is 4.83 Å². The van der Waals surface area contributed by atoms with Crippen LogP contribution in [0, 0.1) is 4.91 Å². The lowest BCUT2D eigenvalue weighted by Crippen LogP contribution is -2.21. The topological polar surface area (TPSA) is 32.1 Å². The summed E-state index contributed by atoms with van der Waals surface area (Å²) in [5, 5.41) is 1.84. The quantitative estimate of drug-likeness (QED) is 0.369. The van der Waals surface area contributed by atoms with Gasteiger partial charge in [-0.2, -0.15) is 0 Å². The molecule has 0 spiro atoms. The van der Waals surface area contributed by atoms with Crippen LogP contribution in [0.25, 0.3) is 0 Å². The highest BCUT2D eigenvalue weighted by molar-refractivity contribution is 8.00. The fourth-order valence-corrected chi connectivity index (χ4v) is 0.749. The van der Waals surface area contributed by atoms with Crippen molar-refractivity contribution >= 4 is 11.9 Å². The van der Waals surface area contributed by atoms with Gasteiger partial charge in [0.25, 0.3) is 0 Å². The lowest BCUT2D eigenvalue weighted by atomic mass is 10.6. The summed E-state index contributed by atoms with van der Waals surface area (Å²) in [6, 6.07) is 0. The maximum atomic E-state index is 10.2. The Bertz CT molecular complexity index is 112. The van der Waals surface area contributed by atoms with E-state index in [1.165, 1.54) is 11.9 Å². The summed E-state index contributed by atoms with van der Waals surface area (Å²) in [5.74, 6) is 0. The van der Waals surface area contributed by atoms with Gasteiger partial charge in [0.2, 0.25) is 6.54 Å². The van der Waals surface area contributed by atoms with E-state index in [9.17, 15) is 4.91 Å². The van der Waals surface area contributed by atoms with Crippen molar-refractivity contribution in [2.75, 3.05) is 6.54 Å². The maximum absolute atomic E-state index is 10.2. The molecule has 0 atom stereocenters. The van der Waals surface area contributed by atoms with Crippen LogP contribution in [0.2, 0.25) is 0 Å². The van der Waals surface area contributed by atoms with E-state index in [0.29, 0.717) is 6.54 Å². The van der Waals surface area contributed by atoms with Gasteiger partial charge in [0, 0.05) is 11.9 Å². The fraction of sp³-hybridized carbons (Fsp3) is 0.333. The van der Waals surface area contributed by atoms with Crippen molar-refractivity contribution in [3.63, 3.8) is 0 Å². The molecule has 0 aromatic heterocycles. The number of hydrazine groups is 1. The molecule has 7 heavy (non-hydrogen) atoms. The zero-order valence-electron chi connectivity index (χ0n) is 3.63. The molecule has 0 saturated heterocycles. The third kappa shape index (κ3) is 1.19. The van der Waals surface area contributed by atoms with Crippen LogP contribution in [0.3, 0.4) is 0 Å². The zero-order valence-corrected chi connectivity index (χ0v) is 4.44. The van der Waals surface area contributed by atoms with Gasteiger partial charge in [0.05, 0.1) is 4.91 Å². The molecule has 0 saturated carbocycles. The fourth-order valence-electron chi connectivity index (χ4n) is 0.313. The average molecular weight is 117 g/mol. The molecule has 1 N–H and O–H groups in total. The van der Waals surface area contributed by atoms with Crippen molar-refractivity contribution in [3.05, 3.63) is 16.4 Å². The Morgan fingerprint density at radius 2 is 2.71 bits per heavy atom. The normalized spacial score (nSPS) is 19.1. The van der Waals surface area contributed by atoms with Gasteiger partial charge in [-0.25, -0.2) is 0 Å². The van der Waals surface area contributed by atoms with Crippen LogP contribution in [-0.4, -0.2) is 11.4 Å². The van der Waals surface area contributed by atoms with Crippen LogP contribution >= 0.6 is 11.9 Å². The molecular formula is C3H5N2OS+. The highest BCUT2D eigenvalue weighted by Crippen LogP contribution is 1.98. The molecule has 0 radical (unpaired) electrons. The first-order valence-corrected chi connectivity index (χ1v) is 2.78. The van der Waals surface area contributed by atoms with Gasteiger partial charge in [-0.15, -0.1) is 0 Å². The largest absolute Gasteiger partial charge is 0.245 e. The Morgan fingerprint density at radius 1 is 1.86 bits per heavy atom. The van der Waals surface area contributed by atoms with E-state index in [1.807, 2.05) is 5.41 Å². The second-order valence-electron chi connectivity index (χ2n) is 1.14. The van der Waals surface area contributed by atoms with E-state index in [-0.39, 0.29) is 0 Å². The molecule has 1 heterocycles. The Balaban J connectivity index is 2.47.